The molecular formula is C12H13N3O2S. The molecule has 0 aliphatic carbocycles. The molecule has 5 nitrogen and oxygen atoms in total. The maximum absolute atomic E-state index is 11.7. The Morgan fingerprint density at radius 2 is 1.89 bits per heavy atom. The lowest BCUT2D eigenvalue weighted by atomic mass is 10.1. The van der Waals surface area contributed by atoms with E-state index in [1.54, 1.807) is 12.1 Å². The summed E-state index contributed by atoms with van der Waals surface area (Å²) in [6.07, 6.45) is 0.739. The van der Waals surface area contributed by atoms with Crippen molar-refractivity contribution in [2.45, 2.75) is 6.42 Å². The number of nitrogens with one attached hydrogen (secondary N) is 1. The highest BCUT2D eigenvalue weighted by atomic mass is 32.2. The topological polar surface area (TPSA) is 96.0 Å². The van der Waals surface area contributed by atoms with E-state index in [1.807, 2.05) is 5.40 Å². The number of carbonyl (C=O) groups excluding carboxylic acids is 2. The van der Waals surface area contributed by atoms with Gasteiger partial charge >= 0.3 is 0 Å². The van der Waals surface area contributed by atoms with Crippen LogP contribution in [0.1, 0.15) is 27.1 Å². The van der Waals surface area contributed by atoms with Crippen molar-refractivity contribution < 1.29 is 9.59 Å². The summed E-state index contributed by atoms with van der Waals surface area (Å²) in [6, 6.07) is 6.14. The van der Waals surface area contributed by atoms with Gasteiger partial charge in [-0.25, -0.2) is 0 Å². The molecule has 1 rings (SSSR count). The number of carbonyl (C=O) groups is 2. The molecule has 0 aliphatic rings. The van der Waals surface area contributed by atoms with Gasteiger partial charge in [0, 0.05) is 23.4 Å². The molecule has 18 heavy (non-hydrogen) atoms. The molecule has 0 fully saturated rings. The molecule has 0 radical (unpaired) electrons. The predicted molar refractivity (Wildman–Crippen MR) is 70.0 cm³/mol. The Hall–Kier alpha value is -2.00. The SMILES string of the molecule is N#CSCCCNC(=O)c1ccc(C(N)=O)cc1. The first-order chi connectivity index (χ1) is 8.65. The van der Waals surface area contributed by atoms with Crippen molar-refractivity contribution in [1.29, 1.82) is 5.26 Å². The lowest BCUT2D eigenvalue weighted by Crippen LogP contribution is -2.24. The Morgan fingerprint density at radius 3 is 2.44 bits per heavy atom. The van der Waals surface area contributed by atoms with Gasteiger partial charge in [-0.15, -0.1) is 0 Å². The van der Waals surface area contributed by atoms with Gasteiger partial charge in [0.2, 0.25) is 5.91 Å². The molecule has 0 atom stereocenters. The second-order valence-corrected chi connectivity index (χ2v) is 4.37. The number of primary amides is 1. The number of benzene rings is 1. The Morgan fingerprint density at radius 1 is 1.28 bits per heavy atom. The Kier molecular flexibility index (Phi) is 5.74. The van der Waals surface area contributed by atoms with Crippen LogP contribution >= 0.6 is 11.8 Å². The van der Waals surface area contributed by atoms with Crippen LogP contribution in [-0.4, -0.2) is 24.1 Å². The number of nitrogens with two attached hydrogens (primary N) is 1. The number of nitriles is 1. The van der Waals surface area contributed by atoms with Crippen LogP contribution in [0.3, 0.4) is 0 Å². The molecule has 0 aliphatic heterocycles. The van der Waals surface area contributed by atoms with Gasteiger partial charge in [-0.2, -0.15) is 5.26 Å². The van der Waals surface area contributed by atoms with Crippen molar-refractivity contribution in [2.75, 3.05) is 12.3 Å². The molecular weight excluding hydrogens is 250 g/mol. The Balaban J connectivity index is 2.42. The van der Waals surface area contributed by atoms with Crippen molar-refractivity contribution in [3.63, 3.8) is 0 Å². The minimum Gasteiger partial charge on any atom is -0.366 e. The molecule has 1 aromatic carbocycles. The molecule has 1 aromatic rings. The molecule has 0 aromatic heterocycles. The van der Waals surface area contributed by atoms with Gasteiger partial charge in [0.15, 0.2) is 0 Å². The first-order valence-electron chi connectivity index (χ1n) is 5.34. The van der Waals surface area contributed by atoms with E-state index < -0.39 is 5.91 Å². The summed E-state index contributed by atoms with van der Waals surface area (Å²) >= 11 is 1.16. The van der Waals surface area contributed by atoms with Crippen molar-refractivity contribution in [3.8, 4) is 5.40 Å². The quantitative estimate of drug-likeness (QED) is 0.593. The third-order valence-corrected chi connectivity index (χ3v) is 2.83. The zero-order valence-corrected chi connectivity index (χ0v) is 10.5. The highest BCUT2D eigenvalue weighted by Gasteiger charge is 2.06. The minimum atomic E-state index is -0.518. The summed E-state index contributed by atoms with van der Waals surface area (Å²) in [5.41, 5.74) is 5.95. The van der Waals surface area contributed by atoms with Gasteiger partial charge in [0.1, 0.15) is 5.40 Å². The average Bonchev–Trinajstić information content (AvgIpc) is 2.38. The predicted octanol–water partition coefficient (Wildman–Crippen LogP) is 1.12. The highest BCUT2D eigenvalue weighted by Crippen LogP contribution is 2.04. The van der Waals surface area contributed by atoms with Gasteiger partial charge in [-0.3, -0.25) is 9.59 Å². The summed E-state index contributed by atoms with van der Waals surface area (Å²) in [5.74, 6) is -0.0272. The van der Waals surface area contributed by atoms with Crippen LogP contribution in [0.25, 0.3) is 0 Å². The van der Waals surface area contributed by atoms with Crippen molar-refractivity contribution in [3.05, 3.63) is 35.4 Å². The molecule has 6 heteroatoms. The van der Waals surface area contributed by atoms with Crippen LogP contribution in [-0.2, 0) is 0 Å². The Labute approximate surface area is 109 Å². The maximum Gasteiger partial charge on any atom is 0.251 e. The molecule has 2 amide bonds. The van der Waals surface area contributed by atoms with Crippen molar-refractivity contribution in [2.24, 2.45) is 5.73 Å². The Bertz CT molecular complexity index is 465. The molecule has 0 heterocycles. The van der Waals surface area contributed by atoms with Crippen LogP contribution in [0.15, 0.2) is 24.3 Å². The van der Waals surface area contributed by atoms with Gasteiger partial charge in [0.05, 0.1) is 0 Å². The number of thioether (sulfide) groups is 1. The van der Waals surface area contributed by atoms with E-state index in [0.717, 1.165) is 18.2 Å². The zero-order chi connectivity index (χ0) is 13.4. The summed E-state index contributed by atoms with van der Waals surface area (Å²) in [4.78, 5) is 22.5. The monoisotopic (exact) mass is 263 g/mol. The number of amides is 2. The van der Waals surface area contributed by atoms with Gasteiger partial charge < -0.3 is 11.1 Å². The molecule has 94 valence electrons. The van der Waals surface area contributed by atoms with Crippen LogP contribution in [0.4, 0.5) is 0 Å². The summed E-state index contributed by atoms with van der Waals surface area (Å²) in [7, 11) is 0. The van der Waals surface area contributed by atoms with E-state index in [-0.39, 0.29) is 5.91 Å². The average molecular weight is 263 g/mol. The fraction of sp³-hybridized carbons (Fsp3) is 0.250. The molecule has 0 spiro atoms. The second-order valence-electron chi connectivity index (χ2n) is 3.49. The fourth-order valence-electron chi connectivity index (χ4n) is 1.28. The van der Waals surface area contributed by atoms with Crippen LogP contribution in [0.2, 0.25) is 0 Å². The van der Waals surface area contributed by atoms with Crippen LogP contribution < -0.4 is 11.1 Å². The van der Waals surface area contributed by atoms with Gasteiger partial charge in [0.25, 0.3) is 5.91 Å². The highest BCUT2D eigenvalue weighted by molar-refractivity contribution is 8.03. The van der Waals surface area contributed by atoms with Crippen LogP contribution in [0.5, 0.6) is 0 Å². The first-order valence-corrected chi connectivity index (χ1v) is 6.32. The largest absolute Gasteiger partial charge is 0.366 e. The maximum atomic E-state index is 11.7. The number of hydrogen-bond donors (Lipinski definition) is 2. The second kappa shape index (κ2) is 7.35. The normalized spacial score (nSPS) is 9.50. The third-order valence-electron chi connectivity index (χ3n) is 2.20. The number of rotatable bonds is 6. The molecule has 3 N–H and O–H groups in total. The zero-order valence-electron chi connectivity index (χ0n) is 9.68. The fourth-order valence-corrected chi connectivity index (χ4v) is 1.66. The van der Waals surface area contributed by atoms with E-state index in [1.165, 1.54) is 12.1 Å². The van der Waals surface area contributed by atoms with Crippen molar-refractivity contribution >= 4 is 23.6 Å². The minimum absolute atomic E-state index is 0.201. The summed E-state index contributed by atoms with van der Waals surface area (Å²) in [5, 5.41) is 13.0. The van der Waals surface area contributed by atoms with E-state index in [0.29, 0.717) is 23.4 Å². The number of nitrogens with zero attached hydrogens (tertiary/aromatic N) is 1. The van der Waals surface area contributed by atoms with Gasteiger partial charge in [-0.1, -0.05) is 0 Å². The molecule has 0 saturated carbocycles. The van der Waals surface area contributed by atoms with E-state index in [2.05, 4.69) is 5.32 Å². The first kappa shape index (κ1) is 14.1. The third kappa shape index (κ3) is 4.47. The molecule has 0 saturated heterocycles. The van der Waals surface area contributed by atoms with Gasteiger partial charge in [-0.05, 0) is 42.4 Å². The summed E-state index contributed by atoms with van der Waals surface area (Å²) < 4.78 is 0. The molecule has 0 unspecified atom stereocenters. The van der Waals surface area contributed by atoms with E-state index in [4.69, 9.17) is 11.0 Å². The standard InChI is InChI=1S/C12H13N3O2S/c13-8-18-7-1-6-15-12(17)10-4-2-9(3-5-10)11(14)16/h2-5H,1,6-7H2,(H2,14,16)(H,15,17). The number of hydrogen-bond acceptors (Lipinski definition) is 4. The number of thiocyanates is 1. The lowest BCUT2D eigenvalue weighted by molar-refractivity contribution is 0.0951. The van der Waals surface area contributed by atoms with Crippen molar-refractivity contribution in [1.82, 2.24) is 5.32 Å². The summed E-state index contributed by atoms with van der Waals surface area (Å²) in [6.45, 7) is 0.519. The molecule has 0 bridgehead atoms. The smallest absolute Gasteiger partial charge is 0.251 e. The van der Waals surface area contributed by atoms with E-state index >= 15 is 0 Å². The lowest BCUT2D eigenvalue weighted by Gasteiger charge is -2.04. The van der Waals surface area contributed by atoms with E-state index in [9.17, 15) is 9.59 Å². The van der Waals surface area contributed by atoms with Crippen LogP contribution in [0, 0.1) is 10.7 Å².